The van der Waals surface area contributed by atoms with Crippen LogP contribution in [0.2, 0.25) is 0 Å². The highest BCUT2D eigenvalue weighted by Gasteiger charge is 2.44. The van der Waals surface area contributed by atoms with Gasteiger partial charge in [-0.25, -0.2) is 0 Å². The van der Waals surface area contributed by atoms with E-state index < -0.39 is 0 Å². The van der Waals surface area contributed by atoms with Crippen molar-refractivity contribution in [3.63, 3.8) is 0 Å². The Kier molecular flexibility index (Phi) is 7.43. The smallest absolute Gasteiger partial charge is 0.253 e. The first-order valence-electron chi connectivity index (χ1n) is 12.3. The van der Waals surface area contributed by atoms with Gasteiger partial charge in [-0.2, -0.15) is 0 Å². The summed E-state index contributed by atoms with van der Waals surface area (Å²) in [6, 6.07) is 5.77. The number of rotatable bonds is 7. The third-order valence-electron chi connectivity index (χ3n) is 7.23. The number of nitrogens with zero attached hydrogens (tertiary/aromatic N) is 2. The summed E-state index contributed by atoms with van der Waals surface area (Å²) in [5.74, 6) is 1.80. The van der Waals surface area contributed by atoms with Gasteiger partial charge >= 0.3 is 0 Å². The Hall–Kier alpha value is -1.63. The zero-order valence-electron chi connectivity index (χ0n) is 20.3. The van der Waals surface area contributed by atoms with Gasteiger partial charge in [0.2, 0.25) is 0 Å². The summed E-state index contributed by atoms with van der Waals surface area (Å²) in [5, 5.41) is 0. The van der Waals surface area contributed by atoms with Crippen molar-refractivity contribution in [1.82, 2.24) is 9.80 Å². The number of benzene rings is 1. The van der Waals surface area contributed by atoms with Gasteiger partial charge in [0.15, 0.2) is 0 Å². The van der Waals surface area contributed by atoms with Gasteiger partial charge in [-0.1, -0.05) is 6.42 Å². The van der Waals surface area contributed by atoms with E-state index in [-0.39, 0.29) is 23.7 Å². The predicted molar refractivity (Wildman–Crippen MR) is 125 cm³/mol. The van der Waals surface area contributed by atoms with Crippen LogP contribution in [0.3, 0.4) is 0 Å². The van der Waals surface area contributed by atoms with Crippen LogP contribution < -0.4 is 4.74 Å². The molecule has 1 unspecified atom stereocenters. The third-order valence-corrected chi connectivity index (χ3v) is 7.23. The lowest BCUT2D eigenvalue weighted by Gasteiger charge is -2.51. The Morgan fingerprint density at radius 3 is 2.59 bits per heavy atom. The Balaban J connectivity index is 1.38. The minimum atomic E-state index is -0.160. The van der Waals surface area contributed by atoms with Gasteiger partial charge in [0.1, 0.15) is 5.75 Å². The molecule has 1 spiro atoms. The molecule has 178 valence electrons. The first kappa shape index (κ1) is 23.5. The molecule has 6 heteroatoms. The molecule has 2 saturated heterocycles. The second-order valence-corrected chi connectivity index (χ2v) is 10.3. The van der Waals surface area contributed by atoms with Gasteiger partial charge in [-0.05, 0) is 76.1 Å². The maximum absolute atomic E-state index is 13.2. The molecule has 3 fully saturated rings. The summed E-state index contributed by atoms with van der Waals surface area (Å²) >= 11 is 0. The fraction of sp³-hybridized carbons (Fsp3) is 0.731. The summed E-state index contributed by atoms with van der Waals surface area (Å²) in [6.45, 7) is 11.2. The van der Waals surface area contributed by atoms with Gasteiger partial charge in [0, 0.05) is 45.4 Å². The molecular weight excluding hydrogens is 404 g/mol. The number of aryl methyl sites for hydroxylation is 1. The van der Waals surface area contributed by atoms with Crippen LogP contribution in [0.25, 0.3) is 0 Å². The van der Waals surface area contributed by atoms with Crippen molar-refractivity contribution in [3.05, 3.63) is 29.3 Å². The fourth-order valence-electron chi connectivity index (χ4n) is 5.38. The molecule has 4 rings (SSSR count). The van der Waals surface area contributed by atoms with E-state index in [9.17, 15) is 4.79 Å². The molecule has 6 nitrogen and oxygen atoms in total. The number of likely N-dealkylation sites (tertiary alicyclic amines) is 1. The lowest BCUT2D eigenvalue weighted by Crippen LogP contribution is -2.61. The average molecular weight is 445 g/mol. The number of morpholine rings is 1. The summed E-state index contributed by atoms with van der Waals surface area (Å²) in [7, 11) is 1.75. The molecular formula is C26H40N2O4. The predicted octanol–water partition coefficient (Wildman–Crippen LogP) is 3.90. The van der Waals surface area contributed by atoms with E-state index in [2.05, 4.69) is 4.90 Å². The zero-order chi connectivity index (χ0) is 22.7. The fourth-order valence-corrected chi connectivity index (χ4v) is 5.38. The van der Waals surface area contributed by atoms with Crippen LogP contribution in [0.5, 0.6) is 5.75 Å². The first-order valence-corrected chi connectivity index (χ1v) is 12.3. The van der Waals surface area contributed by atoms with E-state index >= 15 is 0 Å². The second kappa shape index (κ2) is 10.1. The summed E-state index contributed by atoms with van der Waals surface area (Å²) in [6.07, 6.45) is 6.11. The van der Waals surface area contributed by atoms with Crippen molar-refractivity contribution < 1.29 is 19.0 Å². The molecule has 1 saturated carbocycles. The first-order chi connectivity index (χ1) is 15.4. The van der Waals surface area contributed by atoms with Crippen molar-refractivity contribution in [2.24, 2.45) is 5.92 Å². The van der Waals surface area contributed by atoms with Crippen LogP contribution in [0.15, 0.2) is 18.2 Å². The topological polar surface area (TPSA) is 51.2 Å². The average Bonchev–Trinajstić information content (AvgIpc) is 2.72. The van der Waals surface area contributed by atoms with E-state index in [1.807, 2.05) is 43.9 Å². The molecule has 2 heterocycles. The van der Waals surface area contributed by atoms with Crippen molar-refractivity contribution in [2.75, 3.05) is 46.4 Å². The van der Waals surface area contributed by atoms with Crippen LogP contribution in [0.1, 0.15) is 61.9 Å². The number of carbonyl (C=O) groups excluding carboxylic acids is 1. The summed E-state index contributed by atoms with van der Waals surface area (Å²) in [5.41, 5.74) is 1.58. The number of hydrogen-bond donors (Lipinski definition) is 0. The lowest BCUT2D eigenvalue weighted by molar-refractivity contribution is -0.187. The van der Waals surface area contributed by atoms with E-state index in [0.717, 1.165) is 61.8 Å². The van der Waals surface area contributed by atoms with Gasteiger partial charge < -0.3 is 19.1 Å². The highest BCUT2D eigenvalue weighted by atomic mass is 16.5. The number of ether oxygens (including phenoxy) is 3. The number of piperidine rings is 1. The van der Waals surface area contributed by atoms with Crippen molar-refractivity contribution in [1.29, 1.82) is 0 Å². The molecule has 1 amide bonds. The molecule has 32 heavy (non-hydrogen) atoms. The lowest BCUT2D eigenvalue weighted by atomic mass is 9.83. The van der Waals surface area contributed by atoms with Crippen LogP contribution in [0, 0.1) is 12.8 Å². The van der Waals surface area contributed by atoms with Gasteiger partial charge in [0.05, 0.1) is 24.4 Å². The highest BCUT2D eigenvalue weighted by Crippen LogP contribution is 2.35. The Morgan fingerprint density at radius 2 is 2.00 bits per heavy atom. The highest BCUT2D eigenvalue weighted by molar-refractivity contribution is 5.94. The maximum atomic E-state index is 13.2. The Bertz CT molecular complexity index is 784. The van der Waals surface area contributed by atoms with Gasteiger partial charge in [-0.15, -0.1) is 0 Å². The van der Waals surface area contributed by atoms with E-state index in [4.69, 9.17) is 14.2 Å². The standard InChI is InChI=1S/C26H40N2O4/c1-19(2)31-24-9-8-22(14-20(24)3)25(29)28-12-10-26(11-13-28)18-27(15-21-6-5-7-21)16-23(32-26)17-30-4/h8-9,14,19,21,23H,5-7,10-13,15-18H2,1-4H3. The number of carbonyl (C=O) groups is 1. The molecule has 2 aliphatic heterocycles. The van der Waals surface area contributed by atoms with E-state index in [1.165, 1.54) is 25.8 Å². The monoisotopic (exact) mass is 444 g/mol. The Labute approximate surface area is 193 Å². The number of amides is 1. The van der Waals surface area contributed by atoms with Crippen LogP contribution in [-0.4, -0.2) is 80.0 Å². The second-order valence-electron chi connectivity index (χ2n) is 10.3. The van der Waals surface area contributed by atoms with Crippen LogP contribution in [0.4, 0.5) is 0 Å². The number of methoxy groups -OCH3 is 1. The largest absolute Gasteiger partial charge is 0.491 e. The summed E-state index contributed by atoms with van der Waals surface area (Å²) < 4.78 is 17.9. The Morgan fingerprint density at radius 1 is 1.25 bits per heavy atom. The van der Waals surface area contributed by atoms with E-state index in [1.54, 1.807) is 7.11 Å². The van der Waals surface area contributed by atoms with E-state index in [0.29, 0.717) is 6.61 Å². The van der Waals surface area contributed by atoms with Gasteiger partial charge in [-0.3, -0.25) is 9.69 Å². The molecule has 1 aliphatic carbocycles. The molecule has 0 N–H and O–H groups in total. The van der Waals surface area contributed by atoms with Crippen molar-refractivity contribution in [2.45, 2.75) is 70.7 Å². The molecule has 1 aromatic rings. The summed E-state index contributed by atoms with van der Waals surface area (Å²) in [4.78, 5) is 17.8. The SMILES string of the molecule is COCC1CN(CC2CCC2)CC2(CCN(C(=O)c3ccc(OC(C)C)c(C)c3)CC2)O1. The molecule has 1 aromatic carbocycles. The van der Waals surface area contributed by atoms with Crippen LogP contribution >= 0.6 is 0 Å². The minimum Gasteiger partial charge on any atom is -0.491 e. The maximum Gasteiger partial charge on any atom is 0.253 e. The number of hydrogen-bond acceptors (Lipinski definition) is 5. The van der Waals surface area contributed by atoms with Crippen LogP contribution in [-0.2, 0) is 9.47 Å². The minimum absolute atomic E-state index is 0.106. The third kappa shape index (κ3) is 5.46. The van der Waals surface area contributed by atoms with Crippen molar-refractivity contribution >= 4 is 5.91 Å². The van der Waals surface area contributed by atoms with Gasteiger partial charge in [0.25, 0.3) is 5.91 Å². The molecule has 0 aromatic heterocycles. The zero-order valence-corrected chi connectivity index (χ0v) is 20.3. The van der Waals surface area contributed by atoms with Crippen molar-refractivity contribution in [3.8, 4) is 5.75 Å². The molecule has 1 atom stereocenters. The molecule has 3 aliphatic rings. The normalized spacial score (nSPS) is 24.0. The quantitative estimate of drug-likeness (QED) is 0.638. The molecule has 0 radical (unpaired) electrons. The molecule has 0 bridgehead atoms.